The van der Waals surface area contributed by atoms with Crippen LogP contribution in [0, 0.1) is 0 Å². The second-order valence-corrected chi connectivity index (χ2v) is 18.3. The number of hydrogen-bond acceptors (Lipinski definition) is 2. The summed E-state index contributed by atoms with van der Waals surface area (Å²) >= 11 is 0. The number of furan rings is 2. The molecule has 9 aromatic carbocycles. The van der Waals surface area contributed by atoms with Crippen LogP contribution in [0.1, 0.15) is 49.9 Å². The molecule has 2 aliphatic rings. The molecule has 0 bridgehead atoms. The zero-order chi connectivity index (χ0) is 41.5. The second-order valence-electron chi connectivity index (χ2n) is 18.3. The summed E-state index contributed by atoms with van der Waals surface area (Å²) in [6.45, 7) is 9.68. The first-order valence-corrected chi connectivity index (χ1v) is 21.8. The molecule has 0 spiro atoms. The SMILES string of the molecule is CC1(C)c2cc(-c3ccc(-c4ccccc4)cc3)c3c(oc4ccccc43)c2-c2ccc3c(c21)C(C)(C)c1cc(-c2ccc(-c4ccccc4)cc2)c2c(oc4ccccc42)c1-3. The van der Waals surface area contributed by atoms with Gasteiger partial charge in [0.15, 0.2) is 0 Å². The number of hydrogen-bond donors (Lipinski definition) is 0. The normalized spacial score (nSPS) is 14.4. The molecule has 0 saturated carbocycles. The Morgan fingerprint density at radius 1 is 0.323 bits per heavy atom. The van der Waals surface area contributed by atoms with Gasteiger partial charge in [-0.05, 0) is 102 Å². The van der Waals surface area contributed by atoms with Crippen LogP contribution >= 0.6 is 0 Å². The van der Waals surface area contributed by atoms with E-state index in [1.165, 1.54) is 99.8 Å². The molecule has 0 atom stereocenters. The van der Waals surface area contributed by atoms with Gasteiger partial charge >= 0.3 is 0 Å². The van der Waals surface area contributed by atoms with E-state index >= 15 is 0 Å². The van der Waals surface area contributed by atoms with Gasteiger partial charge in [-0.1, -0.05) is 185 Å². The van der Waals surface area contributed by atoms with Crippen molar-refractivity contribution in [2.24, 2.45) is 0 Å². The summed E-state index contributed by atoms with van der Waals surface area (Å²) in [4.78, 5) is 0. The van der Waals surface area contributed by atoms with E-state index in [1.807, 2.05) is 0 Å². The third-order valence-corrected chi connectivity index (χ3v) is 14.2. The van der Waals surface area contributed by atoms with Gasteiger partial charge in [-0.25, -0.2) is 0 Å². The Hall–Kier alpha value is -7.42. The highest BCUT2D eigenvalue weighted by molar-refractivity contribution is 6.20. The van der Waals surface area contributed by atoms with E-state index in [4.69, 9.17) is 8.83 Å². The van der Waals surface area contributed by atoms with Gasteiger partial charge in [0.2, 0.25) is 0 Å². The molecule has 0 N–H and O–H groups in total. The van der Waals surface area contributed by atoms with Crippen molar-refractivity contribution in [3.63, 3.8) is 0 Å². The molecule has 0 radical (unpaired) electrons. The number of rotatable bonds is 4. The predicted molar refractivity (Wildman–Crippen MR) is 258 cm³/mol. The quantitative estimate of drug-likeness (QED) is 0.177. The largest absolute Gasteiger partial charge is 0.455 e. The van der Waals surface area contributed by atoms with E-state index < -0.39 is 0 Å². The molecule has 0 unspecified atom stereocenters. The Balaban J connectivity index is 1.04. The van der Waals surface area contributed by atoms with Crippen LogP contribution < -0.4 is 0 Å². The van der Waals surface area contributed by atoms with Crippen LogP contribution in [0.25, 0.3) is 111 Å². The van der Waals surface area contributed by atoms with E-state index in [2.05, 4.69) is 210 Å². The van der Waals surface area contributed by atoms with Crippen LogP contribution in [0.4, 0.5) is 0 Å². The maximum absolute atomic E-state index is 7.01. The van der Waals surface area contributed by atoms with Crippen molar-refractivity contribution in [2.75, 3.05) is 0 Å². The molecular weight excluding hydrogens is 753 g/mol. The van der Waals surface area contributed by atoms with E-state index in [-0.39, 0.29) is 10.8 Å². The summed E-state index contributed by atoms with van der Waals surface area (Å²) in [6.07, 6.45) is 0. The lowest BCUT2D eigenvalue weighted by Gasteiger charge is -2.31. The molecule has 294 valence electrons. The third kappa shape index (κ3) is 4.75. The fourth-order valence-electron chi connectivity index (χ4n) is 11.3. The first kappa shape index (κ1) is 35.3. The average molecular weight is 795 g/mol. The van der Waals surface area contributed by atoms with Crippen molar-refractivity contribution >= 4 is 43.9 Å². The van der Waals surface area contributed by atoms with Crippen LogP contribution in [0.2, 0.25) is 0 Å². The molecule has 2 heteroatoms. The van der Waals surface area contributed by atoms with Gasteiger partial charge in [-0.3, -0.25) is 0 Å². The van der Waals surface area contributed by atoms with Gasteiger partial charge in [-0.15, -0.1) is 0 Å². The smallest absolute Gasteiger partial charge is 0.144 e. The molecule has 0 fully saturated rings. The molecule has 13 rings (SSSR count). The topological polar surface area (TPSA) is 26.3 Å². The molecule has 0 amide bonds. The average Bonchev–Trinajstić information content (AvgIpc) is 4.02. The Bertz CT molecular complexity index is 3390. The van der Waals surface area contributed by atoms with Crippen molar-refractivity contribution in [1.82, 2.24) is 0 Å². The lowest BCUT2D eigenvalue weighted by Crippen LogP contribution is -2.24. The molecule has 0 saturated heterocycles. The highest BCUT2D eigenvalue weighted by atomic mass is 16.3. The molecule has 11 aromatic rings. The number of benzene rings is 9. The summed E-state index contributed by atoms with van der Waals surface area (Å²) in [6, 6.07) is 66.1. The highest BCUT2D eigenvalue weighted by Crippen LogP contribution is 2.63. The molecule has 2 nitrogen and oxygen atoms in total. The van der Waals surface area contributed by atoms with Crippen LogP contribution in [0.15, 0.2) is 191 Å². The monoisotopic (exact) mass is 794 g/mol. The Morgan fingerprint density at radius 3 is 1.06 bits per heavy atom. The molecule has 2 aliphatic carbocycles. The van der Waals surface area contributed by atoms with Gasteiger partial charge < -0.3 is 8.83 Å². The summed E-state index contributed by atoms with van der Waals surface area (Å²) in [5.41, 5.74) is 23.0. The second kappa shape index (κ2) is 12.6. The maximum atomic E-state index is 7.01. The fraction of sp³-hybridized carbons (Fsp3) is 0.100. The minimum Gasteiger partial charge on any atom is -0.455 e. The molecule has 2 aromatic heterocycles. The Kier molecular flexibility index (Phi) is 7.16. The minimum atomic E-state index is -0.329. The highest BCUT2D eigenvalue weighted by Gasteiger charge is 2.48. The first-order valence-electron chi connectivity index (χ1n) is 21.8. The van der Waals surface area contributed by atoms with Gasteiger partial charge in [-0.2, -0.15) is 0 Å². The van der Waals surface area contributed by atoms with Crippen molar-refractivity contribution in [3.8, 4) is 66.8 Å². The summed E-state index contributed by atoms with van der Waals surface area (Å²) in [7, 11) is 0. The van der Waals surface area contributed by atoms with Crippen molar-refractivity contribution in [3.05, 3.63) is 204 Å². The van der Waals surface area contributed by atoms with E-state index in [0.29, 0.717) is 0 Å². The third-order valence-electron chi connectivity index (χ3n) is 14.2. The minimum absolute atomic E-state index is 0.329. The molecular formula is C60H42O2. The Labute approximate surface area is 360 Å². The number of fused-ring (bicyclic) bond motifs is 15. The van der Waals surface area contributed by atoms with Crippen molar-refractivity contribution in [2.45, 2.75) is 38.5 Å². The van der Waals surface area contributed by atoms with Crippen LogP contribution in [0.3, 0.4) is 0 Å². The summed E-state index contributed by atoms with van der Waals surface area (Å²) in [5, 5.41) is 4.63. The zero-order valence-corrected chi connectivity index (χ0v) is 35.1. The van der Waals surface area contributed by atoms with Gasteiger partial charge in [0, 0.05) is 43.5 Å². The van der Waals surface area contributed by atoms with Gasteiger partial charge in [0.05, 0.1) is 0 Å². The van der Waals surface area contributed by atoms with Gasteiger partial charge in [0.1, 0.15) is 22.3 Å². The van der Waals surface area contributed by atoms with E-state index in [0.717, 1.165) is 33.1 Å². The van der Waals surface area contributed by atoms with E-state index in [1.54, 1.807) is 0 Å². The van der Waals surface area contributed by atoms with Crippen LogP contribution in [0.5, 0.6) is 0 Å². The lowest BCUT2D eigenvalue weighted by molar-refractivity contribution is 0.600. The summed E-state index contributed by atoms with van der Waals surface area (Å²) in [5.74, 6) is 0. The number of para-hydroxylation sites is 2. The summed E-state index contributed by atoms with van der Waals surface area (Å²) < 4.78 is 14.0. The van der Waals surface area contributed by atoms with Crippen molar-refractivity contribution < 1.29 is 8.83 Å². The molecule has 0 aliphatic heterocycles. The standard InChI is InChI=1S/C60H42O2/c1-59(2)47-33-45(39-27-23-37(24-28-39)35-15-7-5-8-16-35)51-41-19-11-13-21-49(41)61-57(51)53(47)43-31-32-44-54-48(60(3,4)56(44)55(43)59)34-46(52-42-20-12-14-22-50(42)62-58(52)54)40-29-25-38(26-30-40)36-17-9-6-10-18-36/h5-34H,1-4H3. The van der Waals surface area contributed by atoms with E-state index in [9.17, 15) is 0 Å². The van der Waals surface area contributed by atoms with Crippen LogP contribution in [-0.4, -0.2) is 0 Å². The Morgan fingerprint density at radius 2 is 0.661 bits per heavy atom. The predicted octanol–water partition coefficient (Wildman–Crippen LogP) is 16.8. The molecule has 62 heavy (non-hydrogen) atoms. The van der Waals surface area contributed by atoms with Crippen molar-refractivity contribution in [1.29, 1.82) is 0 Å². The first-order chi connectivity index (χ1) is 30.3. The zero-order valence-electron chi connectivity index (χ0n) is 35.1. The van der Waals surface area contributed by atoms with Crippen LogP contribution in [-0.2, 0) is 10.8 Å². The maximum Gasteiger partial charge on any atom is 0.144 e. The molecule has 2 heterocycles. The van der Waals surface area contributed by atoms with Gasteiger partial charge in [0.25, 0.3) is 0 Å². The lowest BCUT2D eigenvalue weighted by atomic mass is 9.72. The fourth-order valence-corrected chi connectivity index (χ4v) is 11.3.